The highest BCUT2D eigenvalue weighted by molar-refractivity contribution is 6.34. The third-order valence-corrected chi connectivity index (χ3v) is 3.43. The molecule has 0 fully saturated rings. The van der Waals surface area contributed by atoms with Crippen molar-refractivity contribution in [3.05, 3.63) is 65.2 Å². The van der Waals surface area contributed by atoms with Gasteiger partial charge in [-0.3, -0.25) is 9.48 Å². The van der Waals surface area contributed by atoms with Gasteiger partial charge in [-0.2, -0.15) is 10.2 Å². The van der Waals surface area contributed by atoms with Gasteiger partial charge >= 0.3 is 0 Å². The van der Waals surface area contributed by atoms with E-state index < -0.39 is 0 Å². The first-order valence-electron chi connectivity index (χ1n) is 6.58. The number of carbonyl (C=O) groups excluding carboxylic acids is 1. The molecule has 0 bridgehead atoms. The first kappa shape index (κ1) is 13.6. The van der Waals surface area contributed by atoms with Gasteiger partial charge in [-0.1, -0.05) is 29.8 Å². The molecule has 1 aromatic carbocycles. The zero-order valence-electron chi connectivity index (χ0n) is 11.4. The van der Waals surface area contributed by atoms with Crippen molar-refractivity contribution in [2.45, 2.75) is 13.5 Å². The highest BCUT2D eigenvalue weighted by Crippen LogP contribution is 2.19. The summed E-state index contributed by atoms with van der Waals surface area (Å²) in [5, 5.41) is 8.74. The Labute approximate surface area is 126 Å². The Morgan fingerprint density at radius 2 is 2.00 bits per heavy atom. The van der Waals surface area contributed by atoms with Crippen LogP contribution in [0.25, 0.3) is 5.69 Å². The van der Waals surface area contributed by atoms with Crippen molar-refractivity contribution in [2.75, 3.05) is 0 Å². The highest BCUT2D eigenvalue weighted by Gasteiger charge is 2.20. The fraction of sp³-hybridized carbons (Fsp3) is 0.133. The molecule has 0 radical (unpaired) electrons. The van der Waals surface area contributed by atoms with Crippen LogP contribution in [0.5, 0.6) is 0 Å². The largest absolute Gasteiger partial charge is 0.285 e. The summed E-state index contributed by atoms with van der Waals surface area (Å²) < 4.78 is 3.24. The lowest BCUT2D eigenvalue weighted by atomic mass is 10.2. The normalized spacial score (nSPS) is 10.8. The van der Waals surface area contributed by atoms with Crippen LogP contribution in [0.4, 0.5) is 0 Å². The van der Waals surface area contributed by atoms with Crippen LogP contribution in [-0.2, 0) is 6.54 Å². The van der Waals surface area contributed by atoms with Gasteiger partial charge in [0.05, 0.1) is 16.9 Å². The molecule has 106 valence electrons. The molecule has 3 rings (SSSR count). The van der Waals surface area contributed by atoms with Crippen LogP contribution >= 0.6 is 11.6 Å². The summed E-state index contributed by atoms with van der Waals surface area (Å²) in [7, 11) is 0. The smallest absolute Gasteiger partial charge is 0.232 e. The average Bonchev–Trinajstić information content (AvgIpc) is 3.14. The molecule has 0 amide bonds. The molecule has 0 aliphatic heterocycles. The van der Waals surface area contributed by atoms with E-state index in [0.717, 1.165) is 5.69 Å². The van der Waals surface area contributed by atoms with E-state index in [1.807, 2.05) is 37.3 Å². The lowest BCUT2D eigenvalue weighted by molar-refractivity contribution is 0.102. The summed E-state index contributed by atoms with van der Waals surface area (Å²) in [6.45, 7) is 2.48. The summed E-state index contributed by atoms with van der Waals surface area (Å²) in [6.07, 6.45) is 3.23. The van der Waals surface area contributed by atoms with E-state index >= 15 is 0 Å². The summed E-state index contributed by atoms with van der Waals surface area (Å²) in [4.78, 5) is 12.5. The molecule has 0 atom stereocenters. The number of benzene rings is 1. The van der Waals surface area contributed by atoms with Crippen molar-refractivity contribution < 1.29 is 4.79 Å². The lowest BCUT2D eigenvalue weighted by Crippen LogP contribution is -2.12. The zero-order chi connectivity index (χ0) is 14.8. The van der Waals surface area contributed by atoms with Crippen LogP contribution in [0.1, 0.15) is 23.1 Å². The molecule has 21 heavy (non-hydrogen) atoms. The van der Waals surface area contributed by atoms with Crippen molar-refractivity contribution in [3.8, 4) is 5.69 Å². The van der Waals surface area contributed by atoms with Crippen LogP contribution in [-0.4, -0.2) is 25.3 Å². The number of aryl methyl sites for hydroxylation is 1. The van der Waals surface area contributed by atoms with Crippen LogP contribution in [0.2, 0.25) is 5.02 Å². The Morgan fingerprint density at radius 3 is 2.71 bits per heavy atom. The second-order valence-corrected chi connectivity index (χ2v) is 4.87. The van der Waals surface area contributed by atoms with Gasteiger partial charge in [0.1, 0.15) is 11.4 Å². The average molecular weight is 301 g/mol. The molecule has 3 aromatic rings. The minimum absolute atomic E-state index is 0.228. The molecule has 0 saturated heterocycles. The fourth-order valence-electron chi connectivity index (χ4n) is 2.12. The molecule has 2 aromatic heterocycles. The van der Waals surface area contributed by atoms with Crippen molar-refractivity contribution in [3.63, 3.8) is 0 Å². The van der Waals surface area contributed by atoms with Gasteiger partial charge in [-0.05, 0) is 25.1 Å². The molecule has 0 spiro atoms. The standard InChI is InChI=1S/C15H13ClN4O/c1-2-19-14(12(16)10-17-19)15(21)13-8-9-20(18-13)11-6-4-3-5-7-11/h3-10H,2H2,1H3. The maximum atomic E-state index is 12.5. The van der Waals surface area contributed by atoms with Crippen LogP contribution < -0.4 is 0 Å². The van der Waals surface area contributed by atoms with Gasteiger partial charge in [0.25, 0.3) is 0 Å². The van der Waals surface area contributed by atoms with Gasteiger partial charge < -0.3 is 0 Å². The van der Waals surface area contributed by atoms with Crippen LogP contribution in [0.15, 0.2) is 48.8 Å². The number of nitrogens with zero attached hydrogens (tertiary/aromatic N) is 4. The first-order chi connectivity index (χ1) is 10.2. The quantitative estimate of drug-likeness (QED) is 0.696. The zero-order valence-corrected chi connectivity index (χ0v) is 12.2. The monoisotopic (exact) mass is 300 g/mol. The van der Waals surface area contributed by atoms with E-state index in [1.54, 1.807) is 21.6 Å². The van der Waals surface area contributed by atoms with Gasteiger partial charge in [-0.15, -0.1) is 0 Å². The molecule has 0 aliphatic rings. The molecular formula is C15H13ClN4O. The topological polar surface area (TPSA) is 52.7 Å². The minimum atomic E-state index is -0.228. The first-order valence-corrected chi connectivity index (χ1v) is 6.95. The third-order valence-electron chi connectivity index (χ3n) is 3.15. The summed E-state index contributed by atoms with van der Waals surface area (Å²) in [5.41, 5.74) is 1.61. The molecule has 0 saturated carbocycles. The van der Waals surface area contributed by atoms with E-state index in [0.29, 0.717) is 23.0 Å². The number of hydrogen-bond acceptors (Lipinski definition) is 3. The second-order valence-electron chi connectivity index (χ2n) is 4.47. The number of aromatic nitrogens is 4. The van der Waals surface area contributed by atoms with Gasteiger partial charge in [-0.25, -0.2) is 4.68 Å². The Balaban J connectivity index is 1.97. The van der Waals surface area contributed by atoms with Crippen molar-refractivity contribution in [2.24, 2.45) is 0 Å². The lowest BCUT2D eigenvalue weighted by Gasteiger charge is -2.03. The molecule has 0 N–H and O–H groups in total. The Bertz CT molecular complexity index is 776. The van der Waals surface area contributed by atoms with Gasteiger partial charge in [0.2, 0.25) is 5.78 Å². The Hall–Kier alpha value is -2.40. The van der Waals surface area contributed by atoms with Crippen molar-refractivity contribution in [1.82, 2.24) is 19.6 Å². The maximum Gasteiger partial charge on any atom is 0.232 e. The van der Waals surface area contributed by atoms with Gasteiger partial charge in [0, 0.05) is 12.7 Å². The third kappa shape index (κ3) is 2.48. The van der Waals surface area contributed by atoms with E-state index in [-0.39, 0.29) is 5.78 Å². The van der Waals surface area contributed by atoms with Crippen molar-refractivity contribution in [1.29, 1.82) is 0 Å². The van der Waals surface area contributed by atoms with Crippen molar-refractivity contribution >= 4 is 17.4 Å². The SMILES string of the molecule is CCn1ncc(Cl)c1C(=O)c1ccn(-c2ccccc2)n1. The van der Waals surface area contributed by atoms with E-state index in [4.69, 9.17) is 11.6 Å². The molecule has 6 heteroatoms. The number of hydrogen-bond donors (Lipinski definition) is 0. The Kier molecular flexibility index (Phi) is 3.58. The predicted molar refractivity (Wildman–Crippen MR) is 79.9 cm³/mol. The molecule has 5 nitrogen and oxygen atoms in total. The summed E-state index contributed by atoms with van der Waals surface area (Å²) >= 11 is 6.05. The minimum Gasteiger partial charge on any atom is -0.285 e. The number of para-hydroxylation sites is 1. The fourth-order valence-corrected chi connectivity index (χ4v) is 2.35. The molecule has 0 aliphatic carbocycles. The van der Waals surface area contributed by atoms with E-state index in [2.05, 4.69) is 10.2 Å². The predicted octanol–water partition coefficient (Wildman–Crippen LogP) is 2.97. The molecule has 2 heterocycles. The van der Waals surface area contributed by atoms with Gasteiger partial charge in [0.15, 0.2) is 0 Å². The summed E-state index contributed by atoms with van der Waals surface area (Å²) in [6, 6.07) is 11.3. The summed E-state index contributed by atoms with van der Waals surface area (Å²) in [5.74, 6) is -0.228. The number of rotatable bonds is 4. The van der Waals surface area contributed by atoms with Crippen LogP contribution in [0, 0.1) is 0 Å². The highest BCUT2D eigenvalue weighted by atomic mass is 35.5. The number of halogens is 1. The maximum absolute atomic E-state index is 12.5. The number of carbonyl (C=O) groups is 1. The Morgan fingerprint density at radius 1 is 1.24 bits per heavy atom. The second kappa shape index (κ2) is 5.54. The van der Waals surface area contributed by atoms with E-state index in [1.165, 1.54) is 6.20 Å². The molecular weight excluding hydrogens is 288 g/mol. The number of ketones is 1. The van der Waals surface area contributed by atoms with E-state index in [9.17, 15) is 4.79 Å². The van der Waals surface area contributed by atoms with Crippen LogP contribution in [0.3, 0.4) is 0 Å². The molecule has 0 unspecified atom stereocenters.